The molecule has 0 spiro atoms. The van der Waals surface area contributed by atoms with Crippen molar-refractivity contribution >= 4 is 17.2 Å². The van der Waals surface area contributed by atoms with E-state index in [1.165, 1.54) is 5.56 Å². The van der Waals surface area contributed by atoms with Gasteiger partial charge in [-0.3, -0.25) is 14.8 Å². The molecule has 0 saturated heterocycles. The fourth-order valence-corrected chi connectivity index (χ4v) is 3.26. The van der Waals surface area contributed by atoms with Crippen LogP contribution in [0.25, 0.3) is 11.3 Å². The van der Waals surface area contributed by atoms with Crippen molar-refractivity contribution in [3.8, 4) is 11.3 Å². The van der Waals surface area contributed by atoms with E-state index in [1.54, 1.807) is 41.0 Å². The van der Waals surface area contributed by atoms with Crippen LogP contribution in [0, 0.1) is 0 Å². The van der Waals surface area contributed by atoms with Gasteiger partial charge in [0.2, 0.25) is 5.91 Å². The molecule has 3 aromatic heterocycles. The van der Waals surface area contributed by atoms with Crippen molar-refractivity contribution in [1.82, 2.24) is 19.9 Å². The predicted octanol–water partition coefficient (Wildman–Crippen LogP) is 3.23. The van der Waals surface area contributed by atoms with E-state index in [9.17, 15) is 4.79 Å². The van der Waals surface area contributed by atoms with Crippen LogP contribution >= 0.6 is 11.3 Å². The average Bonchev–Trinajstić information content (AvgIpc) is 3.15. The van der Waals surface area contributed by atoms with E-state index in [1.807, 2.05) is 36.7 Å². The smallest absolute Gasteiger partial charge is 0.222 e. The first-order valence-electron chi connectivity index (χ1n) is 8.20. The van der Waals surface area contributed by atoms with Gasteiger partial charge in [-0.05, 0) is 36.2 Å². The molecule has 6 heteroatoms. The third-order valence-electron chi connectivity index (χ3n) is 3.97. The van der Waals surface area contributed by atoms with Gasteiger partial charge in [0.1, 0.15) is 0 Å². The number of aromatic nitrogens is 3. The fraction of sp³-hybridized carbons (Fsp3) is 0.263. The normalized spacial score (nSPS) is 10.6. The number of hydrogen-bond donors (Lipinski definition) is 0. The maximum atomic E-state index is 12.3. The van der Waals surface area contributed by atoms with E-state index in [2.05, 4.69) is 15.0 Å². The topological polar surface area (TPSA) is 59.0 Å². The van der Waals surface area contributed by atoms with Crippen molar-refractivity contribution in [3.63, 3.8) is 0 Å². The second-order valence-corrected chi connectivity index (χ2v) is 6.73. The summed E-state index contributed by atoms with van der Waals surface area (Å²) in [4.78, 5) is 26.8. The molecule has 0 unspecified atom stereocenters. The first-order valence-corrected chi connectivity index (χ1v) is 9.08. The summed E-state index contributed by atoms with van der Waals surface area (Å²) in [5.41, 5.74) is 3.12. The molecule has 0 radical (unpaired) electrons. The number of carbonyl (C=O) groups excluding carboxylic acids is 1. The molecule has 3 heterocycles. The van der Waals surface area contributed by atoms with E-state index in [-0.39, 0.29) is 5.91 Å². The minimum atomic E-state index is 0.146. The summed E-state index contributed by atoms with van der Waals surface area (Å²) < 4.78 is 0. The third kappa shape index (κ3) is 4.93. The highest BCUT2D eigenvalue weighted by Crippen LogP contribution is 2.21. The van der Waals surface area contributed by atoms with Crippen LogP contribution in [0.1, 0.15) is 17.0 Å². The molecule has 0 aliphatic carbocycles. The Morgan fingerprint density at radius 1 is 1.12 bits per heavy atom. The Labute approximate surface area is 151 Å². The summed E-state index contributed by atoms with van der Waals surface area (Å²) in [5, 5.41) is 3.00. The van der Waals surface area contributed by atoms with Crippen molar-refractivity contribution in [2.75, 3.05) is 13.6 Å². The first kappa shape index (κ1) is 17.2. The zero-order valence-electron chi connectivity index (χ0n) is 14.1. The van der Waals surface area contributed by atoms with Gasteiger partial charge in [-0.2, -0.15) is 0 Å². The number of likely N-dealkylation sites (N-methyl/N-ethyl adjacent to an activating group) is 1. The van der Waals surface area contributed by atoms with Crippen LogP contribution < -0.4 is 0 Å². The molecule has 0 fully saturated rings. The highest BCUT2D eigenvalue weighted by atomic mass is 32.1. The van der Waals surface area contributed by atoms with Gasteiger partial charge in [-0.15, -0.1) is 11.3 Å². The van der Waals surface area contributed by atoms with Crippen molar-refractivity contribution in [3.05, 3.63) is 65.0 Å². The maximum Gasteiger partial charge on any atom is 0.222 e. The van der Waals surface area contributed by atoms with E-state index in [4.69, 9.17) is 0 Å². The third-order valence-corrected chi connectivity index (χ3v) is 4.88. The molecule has 128 valence electrons. The molecule has 0 bridgehead atoms. The molecular weight excluding hydrogens is 332 g/mol. The number of amides is 1. The fourth-order valence-electron chi connectivity index (χ4n) is 2.45. The van der Waals surface area contributed by atoms with Crippen molar-refractivity contribution in [2.24, 2.45) is 0 Å². The molecule has 0 aliphatic rings. The minimum Gasteiger partial charge on any atom is -0.345 e. The van der Waals surface area contributed by atoms with Crippen molar-refractivity contribution in [2.45, 2.75) is 19.3 Å². The van der Waals surface area contributed by atoms with Crippen LogP contribution in [0.2, 0.25) is 0 Å². The Morgan fingerprint density at radius 2 is 1.96 bits per heavy atom. The van der Waals surface area contributed by atoms with Gasteiger partial charge in [0, 0.05) is 62.2 Å². The highest BCUT2D eigenvalue weighted by Gasteiger charge is 2.11. The number of hydrogen-bond acceptors (Lipinski definition) is 5. The van der Waals surface area contributed by atoms with Crippen LogP contribution in [0.5, 0.6) is 0 Å². The molecule has 0 saturated carbocycles. The molecule has 0 N–H and O–H groups in total. The maximum absolute atomic E-state index is 12.3. The summed E-state index contributed by atoms with van der Waals surface area (Å²) in [6, 6.07) is 7.85. The molecule has 5 nitrogen and oxygen atoms in total. The monoisotopic (exact) mass is 352 g/mol. The molecule has 1 amide bonds. The second-order valence-electron chi connectivity index (χ2n) is 5.79. The first-order chi connectivity index (χ1) is 12.2. The van der Waals surface area contributed by atoms with Gasteiger partial charge < -0.3 is 4.90 Å². The number of rotatable bonds is 7. The summed E-state index contributed by atoms with van der Waals surface area (Å²) in [5.74, 6) is 0.146. The summed E-state index contributed by atoms with van der Waals surface area (Å²) >= 11 is 1.59. The number of aryl methyl sites for hydroxylation is 1. The molecule has 0 aromatic carbocycles. The largest absolute Gasteiger partial charge is 0.345 e. The molecule has 3 aromatic rings. The van der Waals surface area contributed by atoms with E-state index >= 15 is 0 Å². The SMILES string of the molecule is CN(CCc1ccncc1)C(=O)CCc1nc(-c2cccnc2)cs1. The lowest BCUT2D eigenvalue weighted by Crippen LogP contribution is -2.29. The Hall–Kier alpha value is -2.60. The second kappa shape index (κ2) is 8.48. The van der Waals surface area contributed by atoms with Crippen LogP contribution in [-0.2, 0) is 17.6 Å². The zero-order chi connectivity index (χ0) is 17.5. The predicted molar refractivity (Wildman–Crippen MR) is 99.2 cm³/mol. The average molecular weight is 352 g/mol. The molecule has 25 heavy (non-hydrogen) atoms. The van der Waals surface area contributed by atoms with Crippen molar-refractivity contribution in [1.29, 1.82) is 0 Å². The van der Waals surface area contributed by atoms with Gasteiger partial charge in [0.25, 0.3) is 0 Å². The Kier molecular flexibility index (Phi) is 5.85. The quantitative estimate of drug-likeness (QED) is 0.655. The molecule has 3 rings (SSSR count). The summed E-state index contributed by atoms with van der Waals surface area (Å²) in [6.07, 6.45) is 9.09. The van der Waals surface area contributed by atoms with E-state index in [0.29, 0.717) is 19.4 Å². The number of carbonyl (C=O) groups is 1. The molecular formula is C19H20N4OS. The van der Waals surface area contributed by atoms with Crippen LogP contribution in [0.3, 0.4) is 0 Å². The highest BCUT2D eigenvalue weighted by molar-refractivity contribution is 7.09. The Balaban J connectivity index is 1.48. The number of thiazole rings is 1. The van der Waals surface area contributed by atoms with Gasteiger partial charge in [0.15, 0.2) is 0 Å². The lowest BCUT2D eigenvalue weighted by Gasteiger charge is -2.16. The number of nitrogens with zero attached hydrogens (tertiary/aromatic N) is 4. The van der Waals surface area contributed by atoms with E-state index < -0.39 is 0 Å². The minimum absolute atomic E-state index is 0.146. The lowest BCUT2D eigenvalue weighted by molar-refractivity contribution is -0.129. The van der Waals surface area contributed by atoms with Gasteiger partial charge in [-0.1, -0.05) is 0 Å². The number of pyridine rings is 2. The van der Waals surface area contributed by atoms with Crippen LogP contribution in [0.4, 0.5) is 0 Å². The molecule has 0 aliphatic heterocycles. The lowest BCUT2D eigenvalue weighted by atomic mass is 10.2. The summed E-state index contributed by atoms with van der Waals surface area (Å²) in [7, 11) is 1.85. The van der Waals surface area contributed by atoms with Crippen molar-refractivity contribution < 1.29 is 4.79 Å². The Morgan fingerprint density at radius 3 is 2.72 bits per heavy atom. The van der Waals surface area contributed by atoms with Gasteiger partial charge in [-0.25, -0.2) is 4.98 Å². The standard InChI is InChI=1S/C19H20N4OS/c1-23(12-8-15-6-10-20-11-7-15)19(24)5-4-18-22-17(14-25-18)16-3-2-9-21-13-16/h2-3,6-7,9-11,13-14H,4-5,8,12H2,1H3. The van der Waals surface area contributed by atoms with E-state index in [0.717, 1.165) is 22.7 Å². The van der Waals surface area contributed by atoms with Crippen LogP contribution in [0.15, 0.2) is 54.4 Å². The Bertz CT molecular complexity index is 805. The summed E-state index contributed by atoms with van der Waals surface area (Å²) in [6.45, 7) is 0.710. The zero-order valence-corrected chi connectivity index (χ0v) is 14.9. The van der Waals surface area contributed by atoms with Gasteiger partial charge >= 0.3 is 0 Å². The van der Waals surface area contributed by atoms with Crippen LogP contribution in [-0.4, -0.2) is 39.4 Å². The molecule has 0 atom stereocenters. The van der Waals surface area contributed by atoms with Gasteiger partial charge in [0.05, 0.1) is 10.7 Å².